The topological polar surface area (TPSA) is 50.4 Å². The van der Waals surface area contributed by atoms with Crippen LogP contribution in [0.2, 0.25) is 0 Å². The molecule has 100 valence electrons. The van der Waals surface area contributed by atoms with Gasteiger partial charge in [-0.3, -0.25) is 4.79 Å². The molecule has 1 rings (SSSR count). The lowest BCUT2D eigenvalue weighted by atomic mass is 9.94. The van der Waals surface area contributed by atoms with Gasteiger partial charge in [-0.1, -0.05) is 0 Å². The number of hydrogen-bond acceptors (Lipinski definition) is 3. The molecule has 0 aromatic carbocycles. The molecule has 1 saturated heterocycles. The van der Waals surface area contributed by atoms with E-state index in [0.29, 0.717) is 12.5 Å². The van der Waals surface area contributed by atoms with Crippen LogP contribution in [0.1, 0.15) is 47.0 Å². The molecule has 1 atom stereocenters. The van der Waals surface area contributed by atoms with Crippen molar-refractivity contribution in [3.63, 3.8) is 0 Å². The standard InChI is InChI=1S/C13H26N2O2/c1-10(2)15-12(16)5-7-14-11-6-8-17-13(3,4)9-11/h10-11,14H,5-9H2,1-4H3,(H,15,16). The molecule has 0 aromatic rings. The van der Waals surface area contributed by atoms with Gasteiger partial charge in [0.05, 0.1) is 5.60 Å². The average molecular weight is 242 g/mol. The Labute approximate surface area is 104 Å². The van der Waals surface area contributed by atoms with Crippen LogP contribution < -0.4 is 10.6 Å². The minimum atomic E-state index is -0.0316. The van der Waals surface area contributed by atoms with E-state index >= 15 is 0 Å². The first-order valence-corrected chi connectivity index (χ1v) is 6.56. The summed E-state index contributed by atoms with van der Waals surface area (Å²) in [6.45, 7) is 9.75. The minimum Gasteiger partial charge on any atom is -0.375 e. The Hall–Kier alpha value is -0.610. The number of hydrogen-bond donors (Lipinski definition) is 2. The highest BCUT2D eigenvalue weighted by Crippen LogP contribution is 2.23. The van der Waals surface area contributed by atoms with Crippen LogP contribution in [-0.2, 0) is 9.53 Å². The van der Waals surface area contributed by atoms with E-state index in [4.69, 9.17) is 4.74 Å². The minimum absolute atomic E-state index is 0.0316. The molecule has 1 fully saturated rings. The van der Waals surface area contributed by atoms with Crippen LogP contribution in [0.4, 0.5) is 0 Å². The predicted molar refractivity (Wildman–Crippen MR) is 69.0 cm³/mol. The molecule has 1 aliphatic heterocycles. The van der Waals surface area contributed by atoms with E-state index in [1.54, 1.807) is 0 Å². The molecule has 17 heavy (non-hydrogen) atoms. The fraction of sp³-hybridized carbons (Fsp3) is 0.923. The summed E-state index contributed by atoms with van der Waals surface area (Å²) in [5.41, 5.74) is -0.0316. The van der Waals surface area contributed by atoms with Crippen LogP contribution >= 0.6 is 0 Å². The van der Waals surface area contributed by atoms with Crippen LogP contribution in [0, 0.1) is 0 Å². The smallest absolute Gasteiger partial charge is 0.221 e. The van der Waals surface area contributed by atoms with Crippen molar-refractivity contribution in [3.8, 4) is 0 Å². The van der Waals surface area contributed by atoms with Gasteiger partial charge in [-0.25, -0.2) is 0 Å². The summed E-state index contributed by atoms with van der Waals surface area (Å²) < 4.78 is 5.66. The largest absolute Gasteiger partial charge is 0.375 e. The summed E-state index contributed by atoms with van der Waals surface area (Å²) >= 11 is 0. The van der Waals surface area contributed by atoms with Crippen molar-refractivity contribution in [2.75, 3.05) is 13.2 Å². The zero-order valence-electron chi connectivity index (χ0n) is 11.5. The van der Waals surface area contributed by atoms with Gasteiger partial charge in [-0.15, -0.1) is 0 Å². The molecular formula is C13H26N2O2. The average Bonchev–Trinajstić information content (AvgIpc) is 2.14. The lowest BCUT2D eigenvalue weighted by Crippen LogP contribution is -2.44. The molecule has 1 amide bonds. The molecule has 0 saturated carbocycles. The monoisotopic (exact) mass is 242 g/mol. The molecule has 0 aliphatic carbocycles. The summed E-state index contributed by atoms with van der Waals surface area (Å²) in [5.74, 6) is 0.124. The Balaban J connectivity index is 2.16. The second-order valence-corrected chi connectivity index (χ2v) is 5.72. The third-order valence-electron chi connectivity index (χ3n) is 2.93. The van der Waals surface area contributed by atoms with Crippen molar-refractivity contribution in [2.45, 2.75) is 64.6 Å². The fourth-order valence-corrected chi connectivity index (χ4v) is 2.19. The van der Waals surface area contributed by atoms with Gasteiger partial charge in [-0.05, 0) is 40.5 Å². The first-order valence-electron chi connectivity index (χ1n) is 6.56. The quantitative estimate of drug-likeness (QED) is 0.767. The van der Waals surface area contributed by atoms with Gasteiger partial charge >= 0.3 is 0 Å². The maximum Gasteiger partial charge on any atom is 0.221 e. The Morgan fingerprint density at radius 1 is 1.47 bits per heavy atom. The summed E-state index contributed by atoms with van der Waals surface area (Å²) in [6, 6.07) is 0.704. The highest BCUT2D eigenvalue weighted by Gasteiger charge is 2.28. The number of carbonyl (C=O) groups is 1. The maximum atomic E-state index is 11.4. The number of amides is 1. The van der Waals surface area contributed by atoms with E-state index in [1.807, 2.05) is 13.8 Å². The van der Waals surface area contributed by atoms with Crippen LogP contribution in [0.5, 0.6) is 0 Å². The fourth-order valence-electron chi connectivity index (χ4n) is 2.19. The van der Waals surface area contributed by atoms with Gasteiger partial charge in [-0.2, -0.15) is 0 Å². The van der Waals surface area contributed by atoms with Gasteiger partial charge in [0.1, 0.15) is 0 Å². The zero-order chi connectivity index (χ0) is 12.9. The summed E-state index contributed by atoms with van der Waals surface area (Å²) in [7, 11) is 0. The number of ether oxygens (including phenoxy) is 1. The van der Waals surface area contributed by atoms with E-state index < -0.39 is 0 Å². The number of carbonyl (C=O) groups excluding carboxylic acids is 1. The Kier molecular flexibility index (Phi) is 5.40. The third-order valence-corrected chi connectivity index (χ3v) is 2.93. The summed E-state index contributed by atoms with van der Waals surface area (Å²) in [4.78, 5) is 11.4. The summed E-state index contributed by atoms with van der Waals surface area (Å²) in [5, 5.41) is 6.33. The van der Waals surface area contributed by atoms with E-state index in [-0.39, 0.29) is 17.6 Å². The third kappa shape index (κ3) is 6.03. The molecule has 1 aliphatic rings. The second-order valence-electron chi connectivity index (χ2n) is 5.72. The molecule has 2 N–H and O–H groups in total. The van der Waals surface area contributed by atoms with Crippen molar-refractivity contribution < 1.29 is 9.53 Å². The molecule has 0 radical (unpaired) electrons. The maximum absolute atomic E-state index is 11.4. The Bertz CT molecular complexity index is 252. The first-order chi connectivity index (χ1) is 7.89. The molecule has 4 heteroatoms. The van der Waals surface area contributed by atoms with E-state index in [0.717, 1.165) is 26.0 Å². The lowest BCUT2D eigenvalue weighted by molar-refractivity contribution is -0.121. The molecule has 0 bridgehead atoms. The van der Waals surface area contributed by atoms with Crippen molar-refractivity contribution in [2.24, 2.45) is 0 Å². The van der Waals surface area contributed by atoms with Gasteiger partial charge in [0.25, 0.3) is 0 Å². The first kappa shape index (κ1) is 14.5. The number of nitrogens with one attached hydrogen (secondary N) is 2. The summed E-state index contributed by atoms with van der Waals surface area (Å²) in [6.07, 6.45) is 2.60. The van der Waals surface area contributed by atoms with Gasteiger partial charge < -0.3 is 15.4 Å². The lowest BCUT2D eigenvalue weighted by Gasteiger charge is -2.36. The van der Waals surface area contributed by atoms with Gasteiger partial charge in [0, 0.05) is 31.7 Å². The SMILES string of the molecule is CC(C)NC(=O)CCNC1CCOC(C)(C)C1. The molecule has 0 aromatic heterocycles. The zero-order valence-corrected chi connectivity index (χ0v) is 11.5. The van der Waals surface area contributed by atoms with E-state index in [1.165, 1.54) is 0 Å². The highest BCUT2D eigenvalue weighted by atomic mass is 16.5. The van der Waals surface area contributed by atoms with Crippen LogP contribution in [0.3, 0.4) is 0 Å². The van der Waals surface area contributed by atoms with Crippen molar-refractivity contribution in [1.29, 1.82) is 0 Å². The van der Waals surface area contributed by atoms with Gasteiger partial charge in [0.2, 0.25) is 5.91 Å². The van der Waals surface area contributed by atoms with Crippen molar-refractivity contribution in [3.05, 3.63) is 0 Å². The van der Waals surface area contributed by atoms with Crippen molar-refractivity contribution >= 4 is 5.91 Å². The second kappa shape index (κ2) is 6.36. The predicted octanol–water partition coefficient (Wildman–Crippen LogP) is 1.45. The van der Waals surface area contributed by atoms with Crippen LogP contribution in [0.15, 0.2) is 0 Å². The van der Waals surface area contributed by atoms with E-state index in [2.05, 4.69) is 24.5 Å². The molecule has 1 unspecified atom stereocenters. The van der Waals surface area contributed by atoms with Crippen molar-refractivity contribution in [1.82, 2.24) is 10.6 Å². The number of rotatable bonds is 5. The Morgan fingerprint density at radius 2 is 2.18 bits per heavy atom. The normalized spacial score (nSPS) is 23.7. The van der Waals surface area contributed by atoms with Gasteiger partial charge in [0.15, 0.2) is 0 Å². The van der Waals surface area contributed by atoms with Crippen LogP contribution in [-0.4, -0.2) is 36.7 Å². The molecular weight excluding hydrogens is 216 g/mol. The highest BCUT2D eigenvalue weighted by molar-refractivity contribution is 5.76. The Morgan fingerprint density at radius 3 is 2.76 bits per heavy atom. The molecule has 0 spiro atoms. The van der Waals surface area contributed by atoms with E-state index in [9.17, 15) is 4.79 Å². The molecule has 4 nitrogen and oxygen atoms in total. The molecule has 1 heterocycles. The van der Waals surface area contributed by atoms with Crippen LogP contribution in [0.25, 0.3) is 0 Å².